The van der Waals surface area contributed by atoms with Gasteiger partial charge >= 0.3 is 0 Å². The molecule has 0 aromatic heterocycles. The van der Waals surface area contributed by atoms with E-state index in [-0.39, 0.29) is 17.9 Å². The number of nitrogens with zero attached hydrogens (tertiary/aromatic N) is 3. The number of benzene rings is 2. The summed E-state index contributed by atoms with van der Waals surface area (Å²) in [6.07, 6.45) is 0.972. The van der Waals surface area contributed by atoms with Gasteiger partial charge in [-0.2, -0.15) is 0 Å². The third kappa shape index (κ3) is 2.73. The van der Waals surface area contributed by atoms with E-state index in [4.69, 9.17) is 9.47 Å². The highest BCUT2D eigenvalue weighted by atomic mass is 16.5. The van der Waals surface area contributed by atoms with Crippen LogP contribution in [0.3, 0.4) is 0 Å². The molecule has 0 aliphatic carbocycles. The summed E-state index contributed by atoms with van der Waals surface area (Å²) in [4.78, 5) is 28.4. The Morgan fingerprint density at radius 3 is 2.33 bits per heavy atom. The highest BCUT2D eigenvalue weighted by molar-refractivity contribution is 6.24. The molecular formula is C23H25N3O4. The Labute approximate surface area is 175 Å². The number of carbonyl (C=O) groups excluding carboxylic acids is 2. The number of methoxy groups -OCH3 is 1. The molecule has 3 atom stereocenters. The van der Waals surface area contributed by atoms with Crippen molar-refractivity contribution in [3.8, 4) is 11.5 Å². The van der Waals surface area contributed by atoms with Gasteiger partial charge in [0.05, 0.1) is 31.4 Å². The number of carbonyl (C=O) groups is 2. The fraction of sp³-hybridized carbons (Fsp3) is 0.391. The maximum Gasteiger partial charge on any atom is 0.253 e. The molecule has 0 radical (unpaired) electrons. The van der Waals surface area contributed by atoms with Crippen LogP contribution in [0, 0.1) is 5.92 Å². The minimum absolute atomic E-state index is 0.153. The lowest BCUT2D eigenvalue weighted by molar-refractivity contribution is -0.126. The van der Waals surface area contributed by atoms with E-state index < -0.39 is 12.0 Å². The van der Waals surface area contributed by atoms with Crippen molar-refractivity contribution in [2.24, 2.45) is 5.92 Å². The minimum Gasteiger partial charge on any atom is -0.496 e. The molecule has 3 aliphatic heterocycles. The number of hydrazine groups is 1. The summed E-state index contributed by atoms with van der Waals surface area (Å²) in [5, 5.41) is 4.29. The number of hydrogen-bond acceptors (Lipinski definition) is 6. The topological polar surface area (TPSA) is 62.3 Å². The molecule has 156 valence electrons. The van der Waals surface area contributed by atoms with Gasteiger partial charge in [0.1, 0.15) is 17.5 Å². The molecule has 2 aromatic rings. The van der Waals surface area contributed by atoms with Crippen molar-refractivity contribution in [2.45, 2.75) is 25.4 Å². The van der Waals surface area contributed by atoms with Crippen molar-refractivity contribution in [3.05, 3.63) is 54.1 Å². The number of rotatable bonds is 5. The maximum atomic E-state index is 13.6. The van der Waals surface area contributed by atoms with Crippen LogP contribution in [0.4, 0.5) is 5.69 Å². The smallest absolute Gasteiger partial charge is 0.253 e. The lowest BCUT2D eigenvalue weighted by Gasteiger charge is -2.30. The fourth-order valence-corrected chi connectivity index (χ4v) is 5.11. The van der Waals surface area contributed by atoms with Gasteiger partial charge in [-0.1, -0.05) is 18.2 Å². The molecule has 0 unspecified atom stereocenters. The van der Waals surface area contributed by atoms with Crippen LogP contribution in [-0.2, 0) is 9.59 Å². The number of imide groups is 1. The monoisotopic (exact) mass is 407 g/mol. The van der Waals surface area contributed by atoms with Crippen molar-refractivity contribution < 1.29 is 19.1 Å². The van der Waals surface area contributed by atoms with E-state index in [0.29, 0.717) is 12.3 Å². The largest absolute Gasteiger partial charge is 0.496 e. The lowest BCUT2D eigenvalue weighted by atomic mass is 9.89. The average Bonchev–Trinajstić information content (AvgIpc) is 3.41. The van der Waals surface area contributed by atoms with Gasteiger partial charge < -0.3 is 9.47 Å². The summed E-state index contributed by atoms with van der Waals surface area (Å²) < 4.78 is 11.1. The summed E-state index contributed by atoms with van der Waals surface area (Å²) in [6.45, 7) is 4.10. The molecule has 5 rings (SSSR count). The Morgan fingerprint density at radius 1 is 0.933 bits per heavy atom. The fourth-order valence-electron chi connectivity index (χ4n) is 5.11. The first-order valence-corrected chi connectivity index (χ1v) is 10.4. The first kappa shape index (κ1) is 19.1. The molecule has 2 aromatic carbocycles. The molecule has 0 spiro atoms. The van der Waals surface area contributed by atoms with Gasteiger partial charge in [-0.15, -0.1) is 0 Å². The van der Waals surface area contributed by atoms with Gasteiger partial charge in [-0.3, -0.25) is 9.59 Å². The van der Waals surface area contributed by atoms with E-state index in [0.717, 1.165) is 36.6 Å². The third-order valence-corrected chi connectivity index (χ3v) is 6.27. The Kier molecular flexibility index (Phi) is 4.72. The quantitative estimate of drug-likeness (QED) is 0.710. The number of hydrogen-bond donors (Lipinski definition) is 0. The van der Waals surface area contributed by atoms with Gasteiger partial charge in [-0.25, -0.2) is 14.9 Å². The molecule has 7 heteroatoms. The molecular weight excluding hydrogens is 382 g/mol. The summed E-state index contributed by atoms with van der Waals surface area (Å²) in [5.41, 5.74) is 1.54. The van der Waals surface area contributed by atoms with Gasteiger partial charge in [-0.05, 0) is 43.7 Å². The van der Waals surface area contributed by atoms with Crippen LogP contribution in [0.5, 0.6) is 11.5 Å². The molecule has 3 heterocycles. The Balaban J connectivity index is 1.54. The predicted molar refractivity (Wildman–Crippen MR) is 111 cm³/mol. The second-order valence-electron chi connectivity index (χ2n) is 7.78. The van der Waals surface area contributed by atoms with Gasteiger partial charge in [0, 0.05) is 18.7 Å². The molecule has 30 heavy (non-hydrogen) atoms. The van der Waals surface area contributed by atoms with Crippen LogP contribution in [0.1, 0.15) is 24.9 Å². The normalized spacial score (nSPS) is 26.2. The van der Waals surface area contributed by atoms with Crippen LogP contribution in [0.2, 0.25) is 0 Å². The molecule has 3 fully saturated rings. The Morgan fingerprint density at radius 2 is 1.63 bits per heavy atom. The number of amides is 2. The Bertz CT molecular complexity index is 977. The van der Waals surface area contributed by atoms with Crippen molar-refractivity contribution in [1.29, 1.82) is 0 Å². The molecule has 3 saturated heterocycles. The van der Waals surface area contributed by atoms with E-state index in [9.17, 15) is 9.59 Å². The molecule has 0 saturated carbocycles. The maximum absolute atomic E-state index is 13.6. The highest BCUT2D eigenvalue weighted by Gasteiger charge is 2.63. The third-order valence-electron chi connectivity index (χ3n) is 6.27. The molecule has 0 N–H and O–H groups in total. The van der Waals surface area contributed by atoms with Crippen molar-refractivity contribution in [3.63, 3.8) is 0 Å². The zero-order valence-corrected chi connectivity index (χ0v) is 17.2. The number of fused-ring (bicyclic) bond motifs is 3. The first-order valence-electron chi connectivity index (χ1n) is 10.4. The number of para-hydroxylation sites is 1. The SMILES string of the molecule is CCOc1ccc(N2C(=O)[C@@H]3[C@H](C2=O)N2CCCN2[C@H]3c2ccccc2OC)cc1. The van der Waals surface area contributed by atoms with E-state index >= 15 is 0 Å². The van der Waals surface area contributed by atoms with Gasteiger partial charge in [0.15, 0.2) is 0 Å². The summed E-state index contributed by atoms with van der Waals surface area (Å²) in [5.74, 6) is 0.700. The van der Waals surface area contributed by atoms with Crippen LogP contribution < -0.4 is 14.4 Å². The molecule has 0 bridgehead atoms. The van der Waals surface area contributed by atoms with Gasteiger partial charge in [0.2, 0.25) is 5.91 Å². The highest BCUT2D eigenvalue weighted by Crippen LogP contribution is 2.50. The lowest BCUT2D eigenvalue weighted by Crippen LogP contribution is -2.44. The van der Waals surface area contributed by atoms with Crippen LogP contribution in [0.15, 0.2) is 48.5 Å². The second kappa shape index (κ2) is 7.41. The van der Waals surface area contributed by atoms with E-state index in [1.807, 2.05) is 31.2 Å². The number of ether oxygens (including phenoxy) is 2. The standard InChI is InChI=1S/C23H25N3O4/c1-3-30-16-11-9-15(10-12-16)26-22(27)19-20(17-7-4-5-8-18(17)29-2)24-13-6-14-25(24)21(19)23(26)28/h4-5,7-12,19-21H,3,6,13-14H2,1-2H3/t19-,20-,21+/m0/s1. The molecule has 2 amide bonds. The van der Waals surface area contributed by atoms with Crippen LogP contribution in [0.25, 0.3) is 0 Å². The molecule has 3 aliphatic rings. The molecule has 7 nitrogen and oxygen atoms in total. The van der Waals surface area contributed by atoms with Crippen molar-refractivity contribution in [1.82, 2.24) is 10.0 Å². The van der Waals surface area contributed by atoms with E-state index in [1.54, 1.807) is 31.4 Å². The summed E-state index contributed by atoms with van der Waals surface area (Å²) >= 11 is 0. The number of anilines is 1. The first-order chi connectivity index (χ1) is 14.7. The predicted octanol–water partition coefficient (Wildman–Crippen LogP) is 2.63. The summed E-state index contributed by atoms with van der Waals surface area (Å²) in [7, 11) is 1.64. The zero-order chi connectivity index (χ0) is 20.8. The van der Waals surface area contributed by atoms with Crippen molar-refractivity contribution >= 4 is 17.5 Å². The Hall–Kier alpha value is -2.90. The zero-order valence-electron chi connectivity index (χ0n) is 17.2. The average molecular weight is 407 g/mol. The second-order valence-corrected chi connectivity index (χ2v) is 7.78. The van der Waals surface area contributed by atoms with E-state index in [1.165, 1.54) is 4.90 Å². The van der Waals surface area contributed by atoms with Crippen LogP contribution >= 0.6 is 0 Å². The van der Waals surface area contributed by atoms with E-state index in [2.05, 4.69) is 10.0 Å². The van der Waals surface area contributed by atoms with Crippen LogP contribution in [-0.4, -0.2) is 54.7 Å². The van der Waals surface area contributed by atoms with Crippen molar-refractivity contribution in [2.75, 3.05) is 31.7 Å². The summed E-state index contributed by atoms with van der Waals surface area (Å²) in [6, 6.07) is 14.3. The van der Waals surface area contributed by atoms with Gasteiger partial charge in [0.25, 0.3) is 5.91 Å². The minimum atomic E-state index is -0.471.